The molecular formula is C23H24ClN7O2S. The molecule has 1 saturated heterocycles. The summed E-state index contributed by atoms with van der Waals surface area (Å²) >= 11 is 6.05. The summed E-state index contributed by atoms with van der Waals surface area (Å²) in [5.74, 6) is 0.381. The lowest BCUT2D eigenvalue weighted by molar-refractivity contribution is 0.354. The van der Waals surface area contributed by atoms with Gasteiger partial charge in [0.2, 0.25) is 10.0 Å². The Morgan fingerprint density at radius 1 is 1.15 bits per heavy atom. The van der Waals surface area contributed by atoms with Gasteiger partial charge in [-0.2, -0.15) is 5.10 Å². The van der Waals surface area contributed by atoms with Crippen molar-refractivity contribution in [2.24, 2.45) is 0 Å². The average molecular weight is 498 g/mol. The topological polar surface area (TPSA) is 128 Å². The molecule has 1 fully saturated rings. The van der Waals surface area contributed by atoms with E-state index in [0.717, 1.165) is 42.4 Å². The summed E-state index contributed by atoms with van der Waals surface area (Å²) in [4.78, 5) is 8.69. The van der Waals surface area contributed by atoms with E-state index in [4.69, 9.17) is 22.4 Å². The largest absolute Gasteiger partial charge is 0.383 e. The molecule has 5 rings (SSSR count). The number of halogens is 1. The van der Waals surface area contributed by atoms with Crippen LogP contribution in [0.4, 0.5) is 5.82 Å². The number of nitrogen functional groups attached to an aromatic ring is 1. The molecule has 0 radical (unpaired) electrons. The van der Waals surface area contributed by atoms with Gasteiger partial charge < -0.3 is 11.1 Å². The molecule has 0 bridgehead atoms. The fraction of sp³-hybridized carbons (Fsp3) is 0.261. The summed E-state index contributed by atoms with van der Waals surface area (Å²) < 4.78 is 29.8. The van der Waals surface area contributed by atoms with Gasteiger partial charge in [0.1, 0.15) is 22.7 Å². The number of anilines is 1. The first kappa shape index (κ1) is 22.7. The predicted octanol–water partition coefficient (Wildman–Crippen LogP) is 3.13. The highest BCUT2D eigenvalue weighted by molar-refractivity contribution is 7.89. The van der Waals surface area contributed by atoms with Crippen LogP contribution in [-0.2, 0) is 16.6 Å². The number of sulfonamides is 1. The molecule has 2 aromatic carbocycles. The molecule has 9 nitrogen and oxygen atoms in total. The van der Waals surface area contributed by atoms with Crippen LogP contribution < -0.4 is 15.8 Å². The molecule has 2 aromatic heterocycles. The minimum absolute atomic E-state index is 0.0537. The van der Waals surface area contributed by atoms with E-state index >= 15 is 0 Å². The highest BCUT2D eigenvalue weighted by atomic mass is 35.5. The minimum atomic E-state index is -3.73. The molecule has 0 saturated carbocycles. The van der Waals surface area contributed by atoms with Crippen LogP contribution in [0, 0.1) is 0 Å². The molecule has 0 aliphatic carbocycles. The Morgan fingerprint density at radius 2 is 1.94 bits per heavy atom. The van der Waals surface area contributed by atoms with Gasteiger partial charge in [0.05, 0.1) is 16.5 Å². The lowest BCUT2D eigenvalue weighted by Crippen LogP contribution is -2.32. The molecular weight excluding hydrogens is 474 g/mol. The summed E-state index contributed by atoms with van der Waals surface area (Å²) in [6.45, 7) is 1.95. The van der Waals surface area contributed by atoms with Gasteiger partial charge in [-0.1, -0.05) is 48.0 Å². The van der Waals surface area contributed by atoms with Crippen LogP contribution in [0.5, 0.6) is 0 Å². The molecule has 34 heavy (non-hydrogen) atoms. The highest BCUT2D eigenvalue weighted by Crippen LogP contribution is 2.33. The second-order valence-corrected chi connectivity index (χ2v) is 10.3. The van der Waals surface area contributed by atoms with Gasteiger partial charge in [-0.25, -0.2) is 27.8 Å². The van der Waals surface area contributed by atoms with E-state index in [9.17, 15) is 8.42 Å². The summed E-state index contributed by atoms with van der Waals surface area (Å²) in [5.41, 5.74) is 9.30. The van der Waals surface area contributed by atoms with E-state index in [1.165, 1.54) is 12.4 Å². The third-order valence-electron chi connectivity index (χ3n) is 5.95. The fourth-order valence-electron chi connectivity index (χ4n) is 4.19. The van der Waals surface area contributed by atoms with Crippen molar-refractivity contribution in [1.29, 1.82) is 0 Å². The normalized spacial score (nSPS) is 16.7. The molecule has 4 aromatic rings. The summed E-state index contributed by atoms with van der Waals surface area (Å²) in [6.07, 6.45) is 3.54. The number of nitrogens with one attached hydrogen (secondary N) is 2. The Bertz CT molecular complexity index is 1430. The molecule has 1 atom stereocenters. The summed E-state index contributed by atoms with van der Waals surface area (Å²) in [7, 11) is -3.73. The highest BCUT2D eigenvalue weighted by Gasteiger charge is 2.23. The van der Waals surface area contributed by atoms with Crippen molar-refractivity contribution in [1.82, 2.24) is 29.8 Å². The number of nitrogens with two attached hydrogens (primary N) is 1. The van der Waals surface area contributed by atoms with Crippen LogP contribution in [0.1, 0.15) is 24.4 Å². The summed E-state index contributed by atoms with van der Waals surface area (Å²) in [6, 6.07) is 14.1. The van der Waals surface area contributed by atoms with Crippen molar-refractivity contribution in [2.45, 2.75) is 30.3 Å². The van der Waals surface area contributed by atoms with Crippen LogP contribution in [0.15, 0.2) is 59.8 Å². The number of rotatable bonds is 6. The maximum absolute atomic E-state index is 12.6. The van der Waals surface area contributed by atoms with E-state index in [1.54, 1.807) is 18.2 Å². The molecule has 1 aliphatic heterocycles. The third-order valence-corrected chi connectivity index (χ3v) is 7.86. The monoisotopic (exact) mass is 497 g/mol. The van der Waals surface area contributed by atoms with Crippen LogP contribution in [0.2, 0.25) is 5.02 Å². The van der Waals surface area contributed by atoms with Gasteiger partial charge in [-0.15, -0.1) is 0 Å². The number of hydrogen-bond acceptors (Lipinski definition) is 7. The average Bonchev–Trinajstić information content (AvgIpc) is 3.25. The molecule has 11 heteroatoms. The summed E-state index contributed by atoms with van der Waals surface area (Å²) in [5, 5.41) is 9.19. The fourth-order valence-corrected chi connectivity index (χ4v) is 5.73. The maximum Gasteiger partial charge on any atom is 0.242 e. The van der Waals surface area contributed by atoms with E-state index in [1.807, 2.05) is 28.9 Å². The number of piperidine rings is 1. The second-order valence-electron chi connectivity index (χ2n) is 8.20. The Hall–Kier alpha value is -3.05. The number of aromatic nitrogens is 4. The molecule has 0 amide bonds. The molecule has 3 heterocycles. The van der Waals surface area contributed by atoms with Crippen LogP contribution in [0.25, 0.3) is 22.3 Å². The van der Waals surface area contributed by atoms with Gasteiger partial charge in [0, 0.05) is 18.7 Å². The van der Waals surface area contributed by atoms with Crippen LogP contribution in [-0.4, -0.2) is 41.3 Å². The zero-order valence-electron chi connectivity index (χ0n) is 18.3. The lowest BCUT2D eigenvalue weighted by atomic mass is 10.1. The quantitative estimate of drug-likeness (QED) is 0.373. The van der Waals surface area contributed by atoms with E-state index < -0.39 is 10.0 Å². The van der Waals surface area contributed by atoms with Crippen molar-refractivity contribution in [3.63, 3.8) is 0 Å². The molecule has 176 valence electrons. The van der Waals surface area contributed by atoms with Crippen LogP contribution >= 0.6 is 11.6 Å². The number of nitrogens with zero attached hydrogens (tertiary/aromatic N) is 4. The SMILES string of the molecule is Nc1ncnc2c1c(-c1ccc(CNS(=O)(=O)c3ccccc3Cl)cc1)nn2C1CCCNC1. The number of hydrogen-bond donors (Lipinski definition) is 3. The zero-order chi connectivity index (χ0) is 23.7. The predicted molar refractivity (Wildman–Crippen MR) is 132 cm³/mol. The molecule has 1 aliphatic rings. The van der Waals surface area contributed by atoms with Gasteiger partial charge in [0.25, 0.3) is 0 Å². The molecule has 1 unspecified atom stereocenters. The van der Waals surface area contributed by atoms with Crippen molar-refractivity contribution in [2.75, 3.05) is 18.8 Å². The van der Waals surface area contributed by atoms with Gasteiger partial charge in [0.15, 0.2) is 5.65 Å². The Kier molecular flexibility index (Phi) is 6.22. The minimum Gasteiger partial charge on any atom is -0.383 e. The first-order chi connectivity index (χ1) is 16.4. The molecule has 4 N–H and O–H groups in total. The Morgan fingerprint density at radius 3 is 2.68 bits per heavy atom. The maximum atomic E-state index is 12.6. The van der Waals surface area contributed by atoms with Crippen molar-refractivity contribution < 1.29 is 8.42 Å². The standard InChI is InChI=1S/C23H24ClN7O2S/c24-18-5-1-2-6-19(18)34(32,33)29-12-15-7-9-16(10-8-15)21-20-22(25)27-14-28-23(20)31(30-21)17-4-3-11-26-13-17/h1-2,5-10,14,17,26,29H,3-4,11-13H2,(H2,25,27,28). The first-order valence-corrected chi connectivity index (χ1v) is 12.8. The van der Waals surface area contributed by atoms with Gasteiger partial charge >= 0.3 is 0 Å². The zero-order valence-corrected chi connectivity index (χ0v) is 19.9. The lowest BCUT2D eigenvalue weighted by Gasteiger charge is -2.23. The second kappa shape index (κ2) is 9.30. The van der Waals surface area contributed by atoms with Gasteiger partial charge in [-0.05, 0) is 37.1 Å². The smallest absolute Gasteiger partial charge is 0.242 e. The van der Waals surface area contributed by atoms with Crippen molar-refractivity contribution in [3.8, 4) is 11.3 Å². The van der Waals surface area contributed by atoms with Crippen LogP contribution in [0.3, 0.4) is 0 Å². The molecule has 0 spiro atoms. The van der Waals surface area contributed by atoms with Crippen molar-refractivity contribution >= 4 is 38.5 Å². The third kappa shape index (κ3) is 4.37. The number of fused-ring (bicyclic) bond motifs is 1. The first-order valence-electron chi connectivity index (χ1n) is 11.0. The van der Waals surface area contributed by atoms with E-state index in [2.05, 4.69) is 20.0 Å². The Balaban J connectivity index is 1.41. The van der Waals surface area contributed by atoms with E-state index in [0.29, 0.717) is 17.2 Å². The van der Waals surface area contributed by atoms with E-state index in [-0.39, 0.29) is 22.5 Å². The Labute approximate surface area is 202 Å². The number of benzene rings is 2. The van der Waals surface area contributed by atoms with Gasteiger partial charge in [-0.3, -0.25) is 0 Å². The van der Waals surface area contributed by atoms with Crippen molar-refractivity contribution in [3.05, 3.63) is 65.4 Å².